The van der Waals surface area contributed by atoms with Gasteiger partial charge in [0.25, 0.3) is 0 Å². The Morgan fingerprint density at radius 2 is 2.00 bits per heavy atom. The highest BCUT2D eigenvalue weighted by molar-refractivity contribution is 5.83. The Morgan fingerprint density at radius 3 is 2.67 bits per heavy atom. The summed E-state index contributed by atoms with van der Waals surface area (Å²) in [4.78, 5) is 24.6. The topological polar surface area (TPSA) is 57.6 Å². The molecule has 102 valence electrons. The summed E-state index contributed by atoms with van der Waals surface area (Å²) in [5, 5.41) is 8.85. The average molecular weight is 253 g/mol. The van der Waals surface area contributed by atoms with Crippen molar-refractivity contribution in [1.82, 2.24) is 4.90 Å². The second-order valence-electron chi connectivity index (χ2n) is 4.83. The van der Waals surface area contributed by atoms with E-state index in [1.54, 1.807) is 0 Å². The number of aliphatic carboxylic acids is 1. The van der Waals surface area contributed by atoms with Crippen molar-refractivity contribution in [2.75, 3.05) is 13.1 Å². The normalized spacial score (nSPS) is 21.7. The van der Waals surface area contributed by atoms with Gasteiger partial charge >= 0.3 is 5.97 Å². The lowest BCUT2D eigenvalue weighted by atomic mass is 9.92. The van der Waals surface area contributed by atoms with Gasteiger partial charge in [0.2, 0.25) is 5.91 Å². The minimum Gasteiger partial charge on any atom is -0.480 e. The Morgan fingerprint density at radius 1 is 1.28 bits per heavy atom. The standard InChI is InChI=1S/C14H23NO3/c1-2-10-15(11-13(16)17)14(18)12-8-6-4-3-5-7-9-12/h3-4,12H,2,5-11H2,1H3,(H,16,17)/b4-3-. The van der Waals surface area contributed by atoms with Crippen molar-refractivity contribution in [1.29, 1.82) is 0 Å². The second-order valence-corrected chi connectivity index (χ2v) is 4.83. The van der Waals surface area contributed by atoms with E-state index in [1.807, 2.05) is 6.92 Å². The number of rotatable bonds is 5. The van der Waals surface area contributed by atoms with Crippen LogP contribution in [0.1, 0.15) is 45.4 Å². The lowest BCUT2D eigenvalue weighted by molar-refractivity contribution is -0.146. The van der Waals surface area contributed by atoms with Crippen LogP contribution in [-0.4, -0.2) is 35.0 Å². The first-order valence-corrected chi connectivity index (χ1v) is 6.80. The molecule has 1 atom stereocenters. The number of hydrogen-bond donors (Lipinski definition) is 1. The maximum atomic E-state index is 12.3. The molecule has 1 aliphatic rings. The van der Waals surface area contributed by atoms with Crippen LogP contribution >= 0.6 is 0 Å². The maximum Gasteiger partial charge on any atom is 0.323 e. The zero-order chi connectivity index (χ0) is 13.4. The molecule has 4 heteroatoms. The molecule has 0 aliphatic heterocycles. The smallest absolute Gasteiger partial charge is 0.323 e. The number of hydrogen-bond acceptors (Lipinski definition) is 2. The number of allylic oxidation sites excluding steroid dienone is 2. The molecule has 0 heterocycles. The summed E-state index contributed by atoms with van der Waals surface area (Å²) in [6.45, 7) is 2.33. The molecule has 0 fully saturated rings. The molecule has 1 unspecified atom stereocenters. The molecule has 1 N–H and O–H groups in total. The monoisotopic (exact) mass is 253 g/mol. The molecule has 18 heavy (non-hydrogen) atoms. The van der Waals surface area contributed by atoms with Gasteiger partial charge in [-0.25, -0.2) is 0 Å². The molecule has 1 aliphatic carbocycles. The largest absolute Gasteiger partial charge is 0.480 e. The van der Waals surface area contributed by atoms with E-state index in [4.69, 9.17) is 5.11 Å². The average Bonchev–Trinajstić information content (AvgIpc) is 2.26. The molecular formula is C14H23NO3. The van der Waals surface area contributed by atoms with Gasteiger partial charge in [0.1, 0.15) is 6.54 Å². The molecular weight excluding hydrogens is 230 g/mol. The minimum atomic E-state index is -0.928. The number of amides is 1. The van der Waals surface area contributed by atoms with Crippen molar-refractivity contribution < 1.29 is 14.7 Å². The summed E-state index contributed by atoms with van der Waals surface area (Å²) in [5.41, 5.74) is 0. The van der Waals surface area contributed by atoms with Gasteiger partial charge in [-0.2, -0.15) is 0 Å². The molecule has 0 aromatic rings. The Balaban J connectivity index is 2.61. The van der Waals surface area contributed by atoms with E-state index in [9.17, 15) is 9.59 Å². The number of carbonyl (C=O) groups excluding carboxylic acids is 1. The van der Waals surface area contributed by atoms with Crippen molar-refractivity contribution in [3.8, 4) is 0 Å². The van der Waals surface area contributed by atoms with Crippen LogP contribution in [0, 0.1) is 5.92 Å². The van der Waals surface area contributed by atoms with Gasteiger partial charge < -0.3 is 10.0 Å². The predicted octanol–water partition coefficient (Wildman–Crippen LogP) is 2.45. The summed E-state index contributed by atoms with van der Waals surface area (Å²) in [6, 6.07) is 0. The number of carbonyl (C=O) groups is 2. The Bertz CT molecular complexity index is 312. The molecule has 0 radical (unpaired) electrons. The van der Waals surface area contributed by atoms with Crippen molar-refractivity contribution in [2.24, 2.45) is 5.92 Å². The lowest BCUT2D eigenvalue weighted by Gasteiger charge is -2.26. The van der Waals surface area contributed by atoms with Gasteiger partial charge in [0.15, 0.2) is 0 Å². The van der Waals surface area contributed by atoms with Crippen LogP contribution in [0.4, 0.5) is 0 Å². The van der Waals surface area contributed by atoms with Crippen molar-refractivity contribution >= 4 is 11.9 Å². The minimum absolute atomic E-state index is 0.000787. The van der Waals surface area contributed by atoms with E-state index in [1.165, 1.54) is 4.90 Å². The zero-order valence-corrected chi connectivity index (χ0v) is 11.1. The third kappa shape index (κ3) is 4.90. The summed E-state index contributed by atoms with van der Waals surface area (Å²) in [7, 11) is 0. The number of nitrogens with zero attached hydrogens (tertiary/aromatic N) is 1. The molecule has 4 nitrogen and oxygen atoms in total. The van der Waals surface area contributed by atoms with Crippen molar-refractivity contribution in [3.63, 3.8) is 0 Å². The van der Waals surface area contributed by atoms with Gasteiger partial charge in [-0.3, -0.25) is 9.59 Å². The van der Waals surface area contributed by atoms with Crippen LogP contribution in [0.15, 0.2) is 12.2 Å². The number of carboxylic acid groups (broad SMARTS) is 1. The molecule has 0 bridgehead atoms. The third-order valence-corrected chi connectivity index (χ3v) is 3.25. The van der Waals surface area contributed by atoms with E-state index >= 15 is 0 Å². The van der Waals surface area contributed by atoms with Crippen molar-refractivity contribution in [2.45, 2.75) is 45.4 Å². The SMILES string of the molecule is CCCN(CC(=O)O)C(=O)C1CC/C=C\CCC1. The fourth-order valence-corrected chi connectivity index (χ4v) is 2.37. The Labute approximate surface area is 109 Å². The fourth-order valence-electron chi connectivity index (χ4n) is 2.37. The van der Waals surface area contributed by atoms with Crippen molar-refractivity contribution in [3.05, 3.63) is 12.2 Å². The van der Waals surface area contributed by atoms with Crippen LogP contribution in [0.25, 0.3) is 0 Å². The first kappa shape index (κ1) is 14.7. The highest BCUT2D eigenvalue weighted by atomic mass is 16.4. The van der Waals surface area contributed by atoms with Crippen LogP contribution in [-0.2, 0) is 9.59 Å². The highest BCUT2D eigenvalue weighted by Crippen LogP contribution is 2.21. The van der Waals surface area contributed by atoms with E-state index in [-0.39, 0.29) is 18.4 Å². The summed E-state index contributed by atoms with van der Waals surface area (Å²) in [6.07, 6.45) is 9.77. The zero-order valence-electron chi connectivity index (χ0n) is 11.1. The van der Waals surface area contributed by atoms with Gasteiger partial charge in [-0.05, 0) is 38.5 Å². The number of carboxylic acids is 1. The quantitative estimate of drug-likeness (QED) is 0.766. The Hall–Kier alpha value is -1.32. The molecule has 1 rings (SSSR count). The molecule has 1 amide bonds. The van der Waals surface area contributed by atoms with Crippen LogP contribution in [0.2, 0.25) is 0 Å². The first-order valence-electron chi connectivity index (χ1n) is 6.80. The summed E-state index contributed by atoms with van der Waals surface area (Å²) >= 11 is 0. The maximum absolute atomic E-state index is 12.3. The lowest BCUT2D eigenvalue weighted by Crippen LogP contribution is -2.40. The van der Waals surface area contributed by atoms with Crippen LogP contribution < -0.4 is 0 Å². The molecule has 0 saturated carbocycles. The van der Waals surface area contributed by atoms with Gasteiger partial charge in [-0.1, -0.05) is 19.1 Å². The van der Waals surface area contributed by atoms with E-state index < -0.39 is 5.97 Å². The highest BCUT2D eigenvalue weighted by Gasteiger charge is 2.24. The summed E-state index contributed by atoms with van der Waals surface area (Å²) < 4.78 is 0. The van der Waals surface area contributed by atoms with Gasteiger partial charge in [0, 0.05) is 12.5 Å². The second kappa shape index (κ2) is 7.90. The van der Waals surface area contributed by atoms with Gasteiger partial charge in [0.05, 0.1) is 0 Å². The molecule has 0 spiro atoms. The van der Waals surface area contributed by atoms with E-state index in [0.717, 1.165) is 38.5 Å². The van der Waals surface area contributed by atoms with E-state index in [2.05, 4.69) is 12.2 Å². The predicted molar refractivity (Wildman–Crippen MR) is 70.2 cm³/mol. The molecule has 0 saturated heterocycles. The first-order chi connectivity index (χ1) is 8.65. The van der Waals surface area contributed by atoms with Gasteiger partial charge in [-0.15, -0.1) is 0 Å². The van der Waals surface area contributed by atoms with E-state index in [0.29, 0.717) is 6.54 Å². The molecule has 0 aromatic heterocycles. The van der Waals surface area contributed by atoms with Crippen LogP contribution in [0.3, 0.4) is 0 Å². The fraction of sp³-hybridized carbons (Fsp3) is 0.714. The third-order valence-electron chi connectivity index (χ3n) is 3.25. The molecule has 0 aromatic carbocycles. The Kier molecular flexibility index (Phi) is 6.47. The van der Waals surface area contributed by atoms with Crippen LogP contribution in [0.5, 0.6) is 0 Å². The summed E-state index contributed by atoms with van der Waals surface area (Å²) in [5.74, 6) is -0.905.